The third kappa shape index (κ3) is 4.67. The van der Waals surface area contributed by atoms with Gasteiger partial charge in [-0.3, -0.25) is 4.79 Å². The van der Waals surface area contributed by atoms with Crippen molar-refractivity contribution in [1.29, 1.82) is 0 Å². The fourth-order valence-corrected chi connectivity index (χ4v) is 1.24. The van der Waals surface area contributed by atoms with E-state index in [4.69, 9.17) is 0 Å². The minimum absolute atomic E-state index is 0.00450. The van der Waals surface area contributed by atoms with Crippen molar-refractivity contribution in [3.05, 3.63) is 29.8 Å². The molecular formula is C12H15F2NO3. The van der Waals surface area contributed by atoms with Gasteiger partial charge in [0.15, 0.2) is 0 Å². The lowest BCUT2D eigenvalue weighted by molar-refractivity contribution is -0.0498. The summed E-state index contributed by atoms with van der Waals surface area (Å²) in [5.74, 6) is -0.374. The van der Waals surface area contributed by atoms with Crippen molar-refractivity contribution in [3.63, 3.8) is 0 Å². The van der Waals surface area contributed by atoms with Gasteiger partial charge in [-0.05, 0) is 30.7 Å². The summed E-state index contributed by atoms with van der Waals surface area (Å²) in [4.78, 5) is 11.6. The summed E-state index contributed by atoms with van der Waals surface area (Å²) in [5, 5.41) is 11.8. The lowest BCUT2D eigenvalue weighted by Crippen LogP contribution is -2.31. The fourth-order valence-electron chi connectivity index (χ4n) is 1.24. The Bertz CT molecular complexity index is 381. The highest BCUT2D eigenvalue weighted by atomic mass is 19.3. The Morgan fingerprint density at radius 2 is 2.00 bits per heavy atom. The van der Waals surface area contributed by atoms with Crippen molar-refractivity contribution in [2.45, 2.75) is 26.1 Å². The largest absolute Gasteiger partial charge is 0.435 e. The normalized spacial score (nSPS) is 12.3. The number of carbonyl (C=O) groups is 1. The van der Waals surface area contributed by atoms with Crippen molar-refractivity contribution in [3.8, 4) is 5.75 Å². The molecule has 0 fully saturated rings. The standard InChI is InChI=1S/C12H15F2NO3/c1-2-9(16)7-15-11(17)8-3-5-10(6-4-8)18-12(13)14/h3-6,9,12,16H,2,7H2,1H3,(H,15,17). The first-order chi connectivity index (χ1) is 8.52. The number of hydrogen-bond donors (Lipinski definition) is 2. The molecule has 0 saturated carbocycles. The first kappa shape index (κ1) is 14.4. The number of benzene rings is 1. The number of hydrogen-bond acceptors (Lipinski definition) is 3. The lowest BCUT2D eigenvalue weighted by atomic mass is 10.2. The molecule has 0 aromatic heterocycles. The van der Waals surface area contributed by atoms with Crippen LogP contribution in [0.5, 0.6) is 5.75 Å². The monoisotopic (exact) mass is 259 g/mol. The first-order valence-electron chi connectivity index (χ1n) is 5.54. The van der Waals surface area contributed by atoms with Crippen molar-refractivity contribution in [2.75, 3.05) is 6.54 Å². The highest BCUT2D eigenvalue weighted by molar-refractivity contribution is 5.94. The predicted molar refractivity (Wildman–Crippen MR) is 61.7 cm³/mol. The Kier molecular flexibility index (Phi) is 5.51. The second kappa shape index (κ2) is 6.90. The molecule has 0 aliphatic heterocycles. The van der Waals surface area contributed by atoms with E-state index in [0.717, 1.165) is 0 Å². The van der Waals surface area contributed by atoms with Crippen LogP contribution >= 0.6 is 0 Å². The minimum Gasteiger partial charge on any atom is -0.435 e. The molecule has 18 heavy (non-hydrogen) atoms. The summed E-state index contributed by atoms with van der Waals surface area (Å²) in [5.41, 5.74) is 0.319. The summed E-state index contributed by atoms with van der Waals surface area (Å²) in [6, 6.07) is 5.34. The lowest BCUT2D eigenvalue weighted by Gasteiger charge is -2.10. The van der Waals surface area contributed by atoms with E-state index < -0.39 is 12.7 Å². The van der Waals surface area contributed by atoms with Crippen LogP contribution in [0.4, 0.5) is 8.78 Å². The van der Waals surface area contributed by atoms with Gasteiger partial charge in [0.25, 0.3) is 5.91 Å². The molecule has 1 aromatic carbocycles. The van der Waals surface area contributed by atoms with Crippen LogP contribution in [0.2, 0.25) is 0 Å². The molecule has 0 spiro atoms. The Labute approximate surface area is 104 Å². The van der Waals surface area contributed by atoms with Crippen LogP contribution in [0.3, 0.4) is 0 Å². The van der Waals surface area contributed by atoms with Crippen molar-refractivity contribution >= 4 is 5.91 Å². The van der Waals surface area contributed by atoms with Gasteiger partial charge < -0.3 is 15.2 Å². The number of amides is 1. The average molecular weight is 259 g/mol. The highest BCUT2D eigenvalue weighted by Crippen LogP contribution is 2.14. The SMILES string of the molecule is CCC(O)CNC(=O)c1ccc(OC(F)F)cc1. The molecule has 0 heterocycles. The summed E-state index contributed by atoms with van der Waals surface area (Å²) in [7, 11) is 0. The van der Waals surface area contributed by atoms with Crippen LogP contribution in [-0.2, 0) is 0 Å². The van der Waals surface area contributed by atoms with Gasteiger partial charge in [0.05, 0.1) is 6.10 Å². The zero-order valence-electron chi connectivity index (χ0n) is 9.90. The molecule has 4 nitrogen and oxygen atoms in total. The van der Waals surface area contributed by atoms with Crippen LogP contribution in [0.25, 0.3) is 0 Å². The molecule has 1 amide bonds. The van der Waals surface area contributed by atoms with Gasteiger partial charge in [0.1, 0.15) is 5.75 Å². The molecule has 0 aliphatic rings. The third-order valence-electron chi connectivity index (χ3n) is 2.31. The zero-order valence-corrected chi connectivity index (χ0v) is 9.90. The number of carbonyl (C=O) groups excluding carboxylic acids is 1. The summed E-state index contributed by atoms with van der Waals surface area (Å²) < 4.78 is 28.0. The molecule has 0 bridgehead atoms. The molecule has 1 atom stereocenters. The second-order valence-electron chi connectivity index (χ2n) is 3.67. The molecule has 0 aliphatic carbocycles. The van der Waals surface area contributed by atoms with E-state index in [1.807, 2.05) is 0 Å². The molecule has 1 unspecified atom stereocenters. The minimum atomic E-state index is -2.88. The van der Waals surface area contributed by atoms with Crippen LogP contribution in [0, 0.1) is 0 Å². The Morgan fingerprint density at radius 1 is 1.39 bits per heavy atom. The van der Waals surface area contributed by atoms with E-state index in [-0.39, 0.29) is 18.2 Å². The summed E-state index contributed by atoms with van der Waals surface area (Å²) in [6.07, 6.45) is -0.0445. The topological polar surface area (TPSA) is 58.6 Å². The van der Waals surface area contributed by atoms with Crippen molar-refractivity contribution in [2.24, 2.45) is 0 Å². The van der Waals surface area contributed by atoms with Gasteiger partial charge in [-0.1, -0.05) is 6.92 Å². The number of ether oxygens (including phenoxy) is 1. The molecule has 1 rings (SSSR count). The van der Waals surface area contributed by atoms with Crippen molar-refractivity contribution < 1.29 is 23.4 Å². The third-order valence-corrected chi connectivity index (χ3v) is 2.31. The zero-order chi connectivity index (χ0) is 13.5. The molecule has 100 valence electrons. The quantitative estimate of drug-likeness (QED) is 0.818. The van der Waals surface area contributed by atoms with Crippen LogP contribution in [0.1, 0.15) is 23.7 Å². The maximum atomic E-state index is 11.9. The van der Waals surface area contributed by atoms with Gasteiger partial charge in [-0.15, -0.1) is 0 Å². The fraction of sp³-hybridized carbons (Fsp3) is 0.417. The number of aliphatic hydroxyl groups excluding tert-OH is 1. The maximum absolute atomic E-state index is 11.9. The van der Waals surface area contributed by atoms with Gasteiger partial charge in [0, 0.05) is 12.1 Å². The summed E-state index contributed by atoms with van der Waals surface area (Å²) >= 11 is 0. The predicted octanol–water partition coefficient (Wildman–Crippen LogP) is 1.79. The molecule has 1 aromatic rings. The van der Waals surface area contributed by atoms with Gasteiger partial charge >= 0.3 is 6.61 Å². The number of nitrogens with one attached hydrogen (secondary N) is 1. The van der Waals surface area contributed by atoms with E-state index in [1.54, 1.807) is 6.92 Å². The van der Waals surface area contributed by atoms with E-state index in [2.05, 4.69) is 10.1 Å². The number of halogens is 2. The Balaban J connectivity index is 2.53. The van der Waals surface area contributed by atoms with Crippen molar-refractivity contribution in [1.82, 2.24) is 5.32 Å². The van der Waals surface area contributed by atoms with E-state index >= 15 is 0 Å². The van der Waals surface area contributed by atoms with E-state index in [0.29, 0.717) is 12.0 Å². The van der Waals surface area contributed by atoms with E-state index in [1.165, 1.54) is 24.3 Å². The van der Waals surface area contributed by atoms with Gasteiger partial charge in [0.2, 0.25) is 0 Å². The second-order valence-corrected chi connectivity index (χ2v) is 3.67. The molecule has 0 radical (unpaired) electrons. The first-order valence-corrected chi connectivity index (χ1v) is 5.54. The molecule has 0 saturated heterocycles. The Morgan fingerprint density at radius 3 is 2.50 bits per heavy atom. The highest BCUT2D eigenvalue weighted by Gasteiger charge is 2.09. The maximum Gasteiger partial charge on any atom is 0.387 e. The van der Waals surface area contributed by atoms with E-state index in [9.17, 15) is 18.7 Å². The molecule has 2 N–H and O–H groups in total. The van der Waals surface area contributed by atoms with Crippen LogP contribution < -0.4 is 10.1 Å². The van der Waals surface area contributed by atoms with Crippen LogP contribution in [-0.4, -0.2) is 30.3 Å². The summed E-state index contributed by atoms with van der Waals surface area (Å²) in [6.45, 7) is -0.929. The van der Waals surface area contributed by atoms with Gasteiger partial charge in [-0.25, -0.2) is 0 Å². The number of aliphatic hydroxyl groups is 1. The number of alkyl halides is 2. The molecular weight excluding hydrogens is 244 g/mol. The smallest absolute Gasteiger partial charge is 0.387 e. The van der Waals surface area contributed by atoms with Crippen LogP contribution in [0.15, 0.2) is 24.3 Å². The van der Waals surface area contributed by atoms with Gasteiger partial charge in [-0.2, -0.15) is 8.78 Å². The average Bonchev–Trinajstić information content (AvgIpc) is 2.35. The molecule has 6 heteroatoms. The Hall–Kier alpha value is -1.69. The number of rotatable bonds is 6.